The lowest BCUT2D eigenvalue weighted by Gasteiger charge is -1.96. The van der Waals surface area contributed by atoms with Crippen molar-refractivity contribution in [3.63, 3.8) is 0 Å². The number of amides is 1. The Kier molecular flexibility index (Phi) is 3.47. The third kappa shape index (κ3) is 2.60. The second-order valence-electron chi connectivity index (χ2n) is 3.71. The smallest absolute Gasteiger partial charge is 0.249 e. The van der Waals surface area contributed by atoms with Gasteiger partial charge in [-0.05, 0) is 13.0 Å². The first-order valence-electron chi connectivity index (χ1n) is 5.25. The Labute approximate surface area is 109 Å². The summed E-state index contributed by atoms with van der Waals surface area (Å²) in [7, 11) is 1.75. The van der Waals surface area contributed by atoms with E-state index in [2.05, 4.69) is 20.6 Å². The van der Waals surface area contributed by atoms with Gasteiger partial charge < -0.3 is 5.32 Å². The molecule has 2 aromatic heterocycles. The number of carbonyl (C=O) groups excluding carboxylic acids is 1. The van der Waals surface area contributed by atoms with Gasteiger partial charge in [-0.3, -0.25) is 14.6 Å². The predicted molar refractivity (Wildman–Crippen MR) is 69.2 cm³/mol. The van der Waals surface area contributed by atoms with Crippen LogP contribution in [0.2, 0.25) is 5.15 Å². The molecule has 6 nitrogen and oxygen atoms in total. The summed E-state index contributed by atoms with van der Waals surface area (Å²) in [5, 5.41) is 13.6. The molecule has 0 spiro atoms. The highest BCUT2D eigenvalue weighted by Crippen LogP contribution is 2.19. The van der Waals surface area contributed by atoms with Crippen molar-refractivity contribution in [3.05, 3.63) is 34.7 Å². The van der Waals surface area contributed by atoms with E-state index in [1.165, 1.54) is 6.08 Å². The lowest BCUT2D eigenvalue weighted by Crippen LogP contribution is -2.07. The fourth-order valence-electron chi connectivity index (χ4n) is 1.49. The molecule has 1 amide bonds. The zero-order valence-corrected chi connectivity index (χ0v) is 10.7. The van der Waals surface area contributed by atoms with Crippen LogP contribution in [-0.2, 0) is 11.8 Å². The van der Waals surface area contributed by atoms with E-state index in [0.29, 0.717) is 11.0 Å². The standard InChI is InChI=1S/C11H12ClN5O/c1-7-8(11(12)17(2)16-7)3-4-10(18)14-9-5-6-13-15-9/h3-6H,1-2H3,(H2,13,14,15,18)/b4-3+. The van der Waals surface area contributed by atoms with Crippen molar-refractivity contribution < 1.29 is 4.79 Å². The highest BCUT2D eigenvalue weighted by Gasteiger charge is 2.08. The number of hydrogen-bond donors (Lipinski definition) is 2. The first-order chi connectivity index (χ1) is 8.58. The third-order valence-electron chi connectivity index (χ3n) is 2.36. The number of halogens is 1. The summed E-state index contributed by atoms with van der Waals surface area (Å²) in [5.74, 6) is 0.275. The quantitative estimate of drug-likeness (QED) is 0.831. The molecule has 2 aromatic rings. The SMILES string of the molecule is Cc1nn(C)c(Cl)c1/C=C/C(=O)Nc1ccn[nH]1. The Hall–Kier alpha value is -2.08. The Balaban J connectivity index is 2.09. The van der Waals surface area contributed by atoms with Gasteiger partial charge in [0.05, 0.1) is 11.9 Å². The van der Waals surface area contributed by atoms with Crippen molar-refractivity contribution in [1.29, 1.82) is 0 Å². The van der Waals surface area contributed by atoms with Gasteiger partial charge in [0.15, 0.2) is 0 Å². The molecule has 0 radical (unpaired) electrons. The Morgan fingerprint density at radius 1 is 1.61 bits per heavy atom. The van der Waals surface area contributed by atoms with Crippen LogP contribution in [0.5, 0.6) is 0 Å². The highest BCUT2D eigenvalue weighted by molar-refractivity contribution is 6.31. The van der Waals surface area contributed by atoms with Gasteiger partial charge in [0.25, 0.3) is 0 Å². The van der Waals surface area contributed by atoms with Gasteiger partial charge >= 0.3 is 0 Å². The van der Waals surface area contributed by atoms with Crippen LogP contribution in [0.4, 0.5) is 5.82 Å². The molecule has 0 fully saturated rings. The maximum absolute atomic E-state index is 11.6. The fourth-order valence-corrected chi connectivity index (χ4v) is 1.73. The molecule has 0 aliphatic rings. The fraction of sp³-hybridized carbons (Fsp3) is 0.182. The second-order valence-corrected chi connectivity index (χ2v) is 4.06. The van der Waals surface area contributed by atoms with E-state index in [1.54, 1.807) is 30.1 Å². The summed E-state index contributed by atoms with van der Waals surface area (Å²) >= 11 is 6.04. The number of carbonyl (C=O) groups is 1. The molecule has 2 heterocycles. The zero-order chi connectivity index (χ0) is 13.1. The number of rotatable bonds is 3. The summed E-state index contributed by atoms with van der Waals surface area (Å²) in [5.41, 5.74) is 1.51. The van der Waals surface area contributed by atoms with Crippen LogP contribution in [0.3, 0.4) is 0 Å². The molecule has 0 aromatic carbocycles. The Morgan fingerprint density at radius 2 is 2.39 bits per heavy atom. The van der Waals surface area contributed by atoms with Gasteiger partial charge in [-0.2, -0.15) is 10.2 Å². The van der Waals surface area contributed by atoms with Crippen molar-refractivity contribution in [2.45, 2.75) is 6.92 Å². The number of aromatic nitrogens is 4. The molecule has 0 unspecified atom stereocenters. The zero-order valence-electron chi connectivity index (χ0n) is 9.94. The number of hydrogen-bond acceptors (Lipinski definition) is 3. The minimum atomic E-state index is -0.265. The molecular formula is C11H12ClN5O. The summed E-state index contributed by atoms with van der Waals surface area (Å²) < 4.78 is 1.56. The third-order valence-corrected chi connectivity index (χ3v) is 2.80. The minimum Gasteiger partial charge on any atom is -0.307 e. The van der Waals surface area contributed by atoms with Crippen LogP contribution in [0.25, 0.3) is 6.08 Å². The Bertz CT molecular complexity index is 585. The molecule has 94 valence electrons. The maximum Gasteiger partial charge on any atom is 0.249 e. The van der Waals surface area contributed by atoms with Gasteiger partial charge in [-0.1, -0.05) is 11.6 Å². The number of nitrogens with one attached hydrogen (secondary N) is 2. The van der Waals surface area contributed by atoms with Crippen molar-refractivity contribution in [3.8, 4) is 0 Å². The lowest BCUT2D eigenvalue weighted by molar-refractivity contribution is -0.111. The van der Waals surface area contributed by atoms with Crippen molar-refractivity contribution in [2.24, 2.45) is 7.05 Å². The first kappa shape index (κ1) is 12.4. The van der Waals surface area contributed by atoms with E-state index in [4.69, 9.17) is 11.6 Å². The van der Waals surface area contributed by atoms with Crippen molar-refractivity contribution in [2.75, 3.05) is 5.32 Å². The van der Waals surface area contributed by atoms with Crippen LogP contribution in [0, 0.1) is 6.92 Å². The molecule has 0 bridgehead atoms. The highest BCUT2D eigenvalue weighted by atomic mass is 35.5. The number of nitrogens with zero attached hydrogens (tertiary/aromatic N) is 3. The molecule has 7 heteroatoms. The van der Waals surface area contributed by atoms with Crippen molar-refractivity contribution >= 4 is 29.4 Å². The number of anilines is 1. The second kappa shape index (κ2) is 5.05. The largest absolute Gasteiger partial charge is 0.307 e. The average molecular weight is 266 g/mol. The van der Waals surface area contributed by atoms with E-state index in [0.717, 1.165) is 11.3 Å². The van der Waals surface area contributed by atoms with E-state index < -0.39 is 0 Å². The topological polar surface area (TPSA) is 75.6 Å². The summed E-state index contributed by atoms with van der Waals surface area (Å²) in [6.07, 6.45) is 4.59. The van der Waals surface area contributed by atoms with Gasteiger partial charge in [0.1, 0.15) is 11.0 Å². The monoisotopic (exact) mass is 265 g/mol. The normalized spacial score (nSPS) is 11.1. The summed E-state index contributed by atoms with van der Waals surface area (Å²) in [4.78, 5) is 11.6. The van der Waals surface area contributed by atoms with Crippen LogP contribution in [0.1, 0.15) is 11.3 Å². The molecule has 0 aliphatic carbocycles. The van der Waals surface area contributed by atoms with Crippen LogP contribution < -0.4 is 5.32 Å². The number of aromatic amines is 1. The molecule has 2 N–H and O–H groups in total. The summed E-state index contributed by atoms with van der Waals surface area (Å²) in [6.45, 7) is 1.83. The molecule has 0 saturated heterocycles. The molecular weight excluding hydrogens is 254 g/mol. The van der Waals surface area contributed by atoms with Gasteiger partial charge in [-0.25, -0.2) is 0 Å². The lowest BCUT2D eigenvalue weighted by atomic mass is 10.2. The van der Waals surface area contributed by atoms with E-state index >= 15 is 0 Å². The van der Waals surface area contributed by atoms with Crippen LogP contribution >= 0.6 is 11.6 Å². The van der Waals surface area contributed by atoms with Gasteiger partial charge in [0, 0.05) is 24.8 Å². The molecule has 0 aliphatic heterocycles. The minimum absolute atomic E-state index is 0.265. The summed E-state index contributed by atoms with van der Waals surface area (Å²) in [6, 6.07) is 1.66. The van der Waals surface area contributed by atoms with E-state index in [1.807, 2.05) is 6.92 Å². The molecule has 2 rings (SSSR count). The van der Waals surface area contributed by atoms with Crippen molar-refractivity contribution in [1.82, 2.24) is 20.0 Å². The van der Waals surface area contributed by atoms with Gasteiger partial charge in [-0.15, -0.1) is 0 Å². The van der Waals surface area contributed by atoms with Crippen LogP contribution in [-0.4, -0.2) is 25.9 Å². The predicted octanol–water partition coefficient (Wildman–Crippen LogP) is 1.76. The van der Waals surface area contributed by atoms with Crippen LogP contribution in [0.15, 0.2) is 18.3 Å². The first-order valence-corrected chi connectivity index (χ1v) is 5.63. The Morgan fingerprint density at radius 3 is 2.94 bits per heavy atom. The number of aryl methyl sites for hydroxylation is 2. The average Bonchev–Trinajstić information content (AvgIpc) is 2.88. The molecule has 18 heavy (non-hydrogen) atoms. The maximum atomic E-state index is 11.6. The molecule has 0 atom stereocenters. The molecule has 0 saturated carbocycles. The number of H-pyrrole nitrogens is 1. The van der Waals surface area contributed by atoms with Gasteiger partial charge in [0.2, 0.25) is 5.91 Å². The van der Waals surface area contributed by atoms with E-state index in [9.17, 15) is 4.79 Å². The van der Waals surface area contributed by atoms with E-state index in [-0.39, 0.29) is 5.91 Å².